The average Bonchev–Trinajstić information content (AvgIpc) is 3.28. The van der Waals surface area contributed by atoms with Crippen LogP contribution in [0.2, 0.25) is 0 Å². The number of nitrogens with zero attached hydrogens (tertiary/aromatic N) is 2. The number of rotatable bonds is 3. The summed E-state index contributed by atoms with van der Waals surface area (Å²) in [6, 6.07) is 6.51. The molecule has 136 valence electrons. The molecule has 5 aliphatic rings. The van der Waals surface area contributed by atoms with Crippen molar-refractivity contribution in [2.75, 3.05) is 32.2 Å². The smallest absolute Gasteiger partial charge is 0.231 e. The second-order valence-electron chi connectivity index (χ2n) is 7.54. The van der Waals surface area contributed by atoms with Crippen molar-refractivity contribution in [3.8, 4) is 11.5 Å². The summed E-state index contributed by atoms with van der Waals surface area (Å²) in [7, 11) is -3.19. The summed E-state index contributed by atoms with van der Waals surface area (Å²) in [4.78, 5) is 2.52. The van der Waals surface area contributed by atoms with E-state index in [1.807, 2.05) is 10.4 Å². The third kappa shape index (κ3) is 2.32. The van der Waals surface area contributed by atoms with E-state index < -0.39 is 10.0 Å². The van der Waals surface area contributed by atoms with Gasteiger partial charge in [-0.25, -0.2) is 8.42 Å². The monoisotopic (exact) mass is 364 g/mol. The second-order valence-corrected chi connectivity index (χ2v) is 9.75. The van der Waals surface area contributed by atoms with E-state index in [0.717, 1.165) is 37.4 Å². The zero-order valence-corrected chi connectivity index (χ0v) is 15.2. The topological polar surface area (TPSA) is 59.1 Å². The minimum Gasteiger partial charge on any atom is -0.454 e. The highest BCUT2D eigenvalue weighted by molar-refractivity contribution is 7.89. The molecule has 4 fully saturated rings. The lowest BCUT2D eigenvalue weighted by Gasteiger charge is -2.51. The molecule has 0 aromatic heterocycles. The number of hydrogen-bond donors (Lipinski definition) is 0. The summed E-state index contributed by atoms with van der Waals surface area (Å²) in [5.74, 6) is 2.43. The fourth-order valence-corrected chi connectivity index (χ4v) is 6.67. The van der Waals surface area contributed by atoms with Gasteiger partial charge in [0.15, 0.2) is 11.5 Å². The van der Waals surface area contributed by atoms with Crippen LogP contribution in [0, 0.1) is 5.92 Å². The van der Waals surface area contributed by atoms with E-state index in [0.29, 0.717) is 12.5 Å². The van der Waals surface area contributed by atoms with E-state index >= 15 is 0 Å². The maximum Gasteiger partial charge on any atom is 0.231 e. The molecule has 0 amide bonds. The van der Waals surface area contributed by atoms with Gasteiger partial charge in [0.25, 0.3) is 0 Å². The molecule has 0 saturated carbocycles. The van der Waals surface area contributed by atoms with Crippen molar-refractivity contribution in [1.29, 1.82) is 0 Å². The van der Waals surface area contributed by atoms with Crippen molar-refractivity contribution in [3.05, 3.63) is 23.8 Å². The van der Waals surface area contributed by atoms with E-state index in [1.165, 1.54) is 5.56 Å². The first-order valence-corrected chi connectivity index (χ1v) is 10.8. The number of piperidine rings is 3. The predicted octanol–water partition coefficient (Wildman–Crippen LogP) is 1.63. The molecule has 6 rings (SSSR count). The molecular formula is C18H24N2O4S. The van der Waals surface area contributed by atoms with Crippen LogP contribution < -0.4 is 9.47 Å². The second kappa shape index (κ2) is 5.59. The van der Waals surface area contributed by atoms with Crippen LogP contribution in [0.15, 0.2) is 18.2 Å². The van der Waals surface area contributed by atoms with Gasteiger partial charge in [0.05, 0.1) is 5.75 Å². The summed E-state index contributed by atoms with van der Waals surface area (Å²) < 4.78 is 38.3. The average molecular weight is 364 g/mol. The number of hydrogen-bond acceptors (Lipinski definition) is 5. The molecule has 7 heteroatoms. The van der Waals surface area contributed by atoms with Crippen LogP contribution in [0.3, 0.4) is 0 Å². The van der Waals surface area contributed by atoms with E-state index in [2.05, 4.69) is 17.0 Å². The Balaban J connectivity index is 1.56. The highest BCUT2D eigenvalue weighted by Gasteiger charge is 2.56. The van der Waals surface area contributed by atoms with Crippen molar-refractivity contribution in [2.24, 2.45) is 5.92 Å². The minimum atomic E-state index is -3.19. The van der Waals surface area contributed by atoms with Crippen molar-refractivity contribution >= 4 is 10.0 Å². The Morgan fingerprint density at radius 3 is 2.64 bits per heavy atom. The molecule has 2 bridgehead atoms. The summed E-state index contributed by atoms with van der Waals surface area (Å²) in [6.07, 6.45) is 2.23. The molecule has 1 aromatic carbocycles. The number of ether oxygens (including phenoxy) is 2. The Morgan fingerprint density at radius 2 is 1.88 bits per heavy atom. The van der Waals surface area contributed by atoms with Crippen LogP contribution in [-0.2, 0) is 10.0 Å². The van der Waals surface area contributed by atoms with Gasteiger partial charge >= 0.3 is 0 Å². The molecule has 5 aliphatic heterocycles. The van der Waals surface area contributed by atoms with Crippen LogP contribution >= 0.6 is 0 Å². The van der Waals surface area contributed by atoms with E-state index in [-0.39, 0.29) is 30.5 Å². The highest BCUT2D eigenvalue weighted by atomic mass is 32.2. The van der Waals surface area contributed by atoms with E-state index in [4.69, 9.17) is 9.47 Å². The molecule has 1 aromatic rings. The first-order valence-electron chi connectivity index (χ1n) is 9.21. The van der Waals surface area contributed by atoms with Crippen molar-refractivity contribution in [2.45, 2.75) is 37.8 Å². The highest BCUT2D eigenvalue weighted by Crippen LogP contribution is 2.48. The van der Waals surface area contributed by atoms with Gasteiger partial charge in [0, 0.05) is 24.5 Å². The molecule has 25 heavy (non-hydrogen) atoms. The number of benzene rings is 1. The lowest BCUT2D eigenvalue weighted by atomic mass is 9.75. The molecule has 0 N–H and O–H groups in total. The quantitative estimate of drug-likeness (QED) is 0.816. The van der Waals surface area contributed by atoms with Gasteiger partial charge in [-0.3, -0.25) is 4.90 Å². The Bertz CT molecular complexity index is 788. The molecule has 5 heterocycles. The minimum absolute atomic E-state index is 0.128. The summed E-state index contributed by atoms with van der Waals surface area (Å²) >= 11 is 0. The summed E-state index contributed by atoms with van der Waals surface area (Å²) in [5, 5.41) is 0. The maximum atomic E-state index is 12.8. The fourth-order valence-electron chi connectivity index (χ4n) is 5.29. The standard InChI is InChI=1S/C18H24N2O4S/c1-2-25(21,22)20-10-14(13-3-4-15-16(9-13)24-11-23-15)18-17(20)12-5-7-19(18)8-6-12/h3-4,9,12,14,17-18H,2,5-8,10-11H2,1H3/t14-,17-,18-/m1/s1. The molecule has 4 saturated heterocycles. The van der Waals surface area contributed by atoms with Gasteiger partial charge in [-0.05, 0) is 56.5 Å². The van der Waals surface area contributed by atoms with E-state index in [9.17, 15) is 8.42 Å². The van der Waals surface area contributed by atoms with Crippen LogP contribution in [0.1, 0.15) is 31.2 Å². The van der Waals surface area contributed by atoms with Crippen molar-refractivity contribution < 1.29 is 17.9 Å². The summed E-state index contributed by atoms with van der Waals surface area (Å²) in [6.45, 7) is 4.78. The normalized spacial score (nSPS) is 36.6. The van der Waals surface area contributed by atoms with Crippen molar-refractivity contribution in [3.63, 3.8) is 0 Å². The molecule has 0 unspecified atom stereocenters. The molecule has 0 spiro atoms. The Kier molecular flexibility index (Phi) is 3.56. The molecule has 6 nitrogen and oxygen atoms in total. The molecular weight excluding hydrogens is 340 g/mol. The lowest BCUT2D eigenvalue weighted by Crippen LogP contribution is -2.60. The predicted molar refractivity (Wildman–Crippen MR) is 93.3 cm³/mol. The molecule has 3 atom stereocenters. The van der Waals surface area contributed by atoms with E-state index in [1.54, 1.807) is 6.92 Å². The number of sulfonamides is 1. The van der Waals surface area contributed by atoms with Crippen LogP contribution in [0.5, 0.6) is 11.5 Å². The molecule has 0 aliphatic carbocycles. The van der Waals surface area contributed by atoms with Gasteiger partial charge in [-0.1, -0.05) is 6.07 Å². The lowest BCUT2D eigenvalue weighted by molar-refractivity contribution is 0.0123. The molecule has 0 radical (unpaired) electrons. The van der Waals surface area contributed by atoms with Gasteiger partial charge < -0.3 is 9.47 Å². The third-order valence-corrected chi connectivity index (χ3v) is 8.33. The fraction of sp³-hybridized carbons (Fsp3) is 0.667. The zero-order chi connectivity index (χ0) is 17.2. The summed E-state index contributed by atoms with van der Waals surface area (Å²) in [5.41, 5.74) is 1.17. The SMILES string of the molecule is CCS(=O)(=O)N1C[C@H](c2ccc3c(c2)OCO3)[C@@H]2[C@H]1C1CCN2CC1. The first-order chi connectivity index (χ1) is 12.1. The Labute approximate surface area is 148 Å². The maximum absolute atomic E-state index is 12.8. The van der Waals surface area contributed by atoms with Gasteiger partial charge in [-0.2, -0.15) is 4.31 Å². The van der Waals surface area contributed by atoms with Gasteiger partial charge in [-0.15, -0.1) is 0 Å². The number of fused-ring (bicyclic) bond motifs is 3. The van der Waals surface area contributed by atoms with Crippen LogP contribution in [0.25, 0.3) is 0 Å². The first kappa shape index (κ1) is 15.9. The van der Waals surface area contributed by atoms with Crippen LogP contribution in [-0.4, -0.2) is 61.9 Å². The Hall–Kier alpha value is -1.31. The zero-order valence-electron chi connectivity index (χ0n) is 14.4. The van der Waals surface area contributed by atoms with Crippen molar-refractivity contribution in [1.82, 2.24) is 9.21 Å². The Morgan fingerprint density at radius 1 is 1.12 bits per heavy atom. The van der Waals surface area contributed by atoms with Crippen LogP contribution in [0.4, 0.5) is 0 Å². The van der Waals surface area contributed by atoms with Gasteiger partial charge in [0.2, 0.25) is 16.8 Å². The largest absolute Gasteiger partial charge is 0.454 e. The van der Waals surface area contributed by atoms with Gasteiger partial charge in [0.1, 0.15) is 0 Å². The third-order valence-electron chi connectivity index (χ3n) is 6.50.